The Morgan fingerprint density at radius 1 is 1.17 bits per heavy atom. The molecule has 8 nitrogen and oxygen atoms in total. The van der Waals surface area contributed by atoms with Gasteiger partial charge in [0.05, 0.1) is 31.0 Å². The molecule has 0 spiro atoms. The topological polar surface area (TPSA) is 96.7 Å². The van der Waals surface area contributed by atoms with E-state index in [-0.39, 0.29) is 11.7 Å². The predicted octanol–water partition coefficient (Wildman–Crippen LogP) is 2.28. The second kappa shape index (κ2) is 7.38. The van der Waals surface area contributed by atoms with Crippen molar-refractivity contribution >= 4 is 0 Å². The van der Waals surface area contributed by atoms with Crippen LogP contribution >= 0.6 is 0 Å². The van der Waals surface area contributed by atoms with Crippen LogP contribution in [0, 0.1) is 5.41 Å². The first kappa shape index (κ1) is 18.0. The number of phenols is 1. The van der Waals surface area contributed by atoms with Gasteiger partial charge < -0.3 is 23.6 Å². The molecule has 150 valence electrons. The Balaban J connectivity index is 1.54. The van der Waals surface area contributed by atoms with E-state index in [4.69, 9.17) is 19.3 Å². The average Bonchev–Trinajstić information content (AvgIpc) is 3.27. The molecule has 0 amide bonds. The van der Waals surface area contributed by atoms with Gasteiger partial charge in [0, 0.05) is 37.8 Å². The lowest BCUT2D eigenvalue weighted by atomic mass is 9.87. The number of aromatic nitrogens is 2. The van der Waals surface area contributed by atoms with Crippen molar-refractivity contribution in [3.05, 3.63) is 65.3 Å². The van der Waals surface area contributed by atoms with E-state index in [0.717, 1.165) is 38.4 Å². The molecule has 1 saturated heterocycles. The second-order valence-electron chi connectivity index (χ2n) is 7.23. The zero-order valence-corrected chi connectivity index (χ0v) is 15.9. The highest BCUT2D eigenvalue weighted by molar-refractivity contribution is 5.55. The summed E-state index contributed by atoms with van der Waals surface area (Å²) in [5.41, 5.74) is 1.86. The number of hydrogen-bond acceptors (Lipinski definition) is 7. The highest BCUT2D eigenvalue weighted by Crippen LogP contribution is 2.45. The van der Waals surface area contributed by atoms with Gasteiger partial charge in [-0.05, 0) is 18.2 Å². The SMILES string of the molecule is N=c1c2c(ncn1CCN1CCOCC1)Oc1cc(O)ccc1C2c1ccco1. The maximum atomic E-state index is 9.87. The summed E-state index contributed by atoms with van der Waals surface area (Å²) in [7, 11) is 0. The first-order valence-corrected chi connectivity index (χ1v) is 9.69. The molecule has 1 fully saturated rings. The fourth-order valence-corrected chi connectivity index (χ4v) is 3.95. The standard InChI is InChI=1S/C21H22N4O4/c22-20-19-18(16-2-1-9-28-16)15-4-3-14(26)12-17(15)29-21(19)23-13-25(20)6-5-24-7-10-27-11-8-24/h1-4,9,12-13,18,22,26H,5-8,10-11H2. The van der Waals surface area contributed by atoms with E-state index in [9.17, 15) is 5.11 Å². The summed E-state index contributed by atoms with van der Waals surface area (Å²) in [6, 6.07) is 8.72. The van der Waals surface area contributed by atoms with Crippen LogP contribution in [-0.4, -0.2) is 52.4 Å². The van der Waals surface area contributed by atoms with Crippen molar-refractivity contribution in [2.24, 2.45) is 0 Å². The smallest absolute Gasteiger partial charge is 0.228 e. The van der Waals surface area contributed by atoms with Gasteiger partial charge in [-0.3, -0.25) is 10.3 Å². The fraction of sp³-hybridized carbons (Fsp3) is 0.333. The van der Waals surface area contributed by atoms with Crippen LogP contribution in [0.3, 0.4) is 0 Å². The molecule has 3 aromatic rings. The van der Waals surface area contributed by atoms with Crippen molar-refractivity contribution in [2.45, 2.75) is 12.5 Å². The molecular weight excluding hydrogens is 372 g/mol. The van der Waals surface area contributed by atoms with E-state index < -0.39 is 0 Å². The van der Waals surface area contributed by atoms with Crippen LogP contribution in [0.5, 0.6) is 17.4 Å². The van der Waals surface area contributed by atoms with Crippen LogP contribution in [0.15, 0.2) is 47.3 Å². The van der Waals surface area contributed by atoms with Crippen molar-refractivity contribution in [2.75, 3.05) is 32.8 Å². The number of furan rings is 1. The number of nitrogens with one attached hydrogen (secondary N) is 1. The minimum atomic E-state index is -0.319. The zero-order chi connectivity index (χ0) is 19.8. The number of nitrogens with zero attached hydrogens (tertiary/aromatic N) is 3. The van der Waals surface area contributed by atoms with E-state index in [0.29, 0.717) is 35.0 Å². The van der Waals surface area contributed by atoms with Gasteiger partial charge in [0.25, 0.3) is 0 Å². The molecule has 0 saturated carbocycles. The van der Waals surface area contributed by atoms with E-state index in [2.05, 4.69) is 9.88 Å². The summed E-state index contributed by atoms with van der Waals surface area (Å²) in [4.78, 5) is 6.81. The van der Waals surface area contributed by atoms with Gasteiger partial charge in [-0.1, -0.05) is 6.07 Å². The number of rotatable bonds is 4. The van der Waals surface area contributed by atoms with Gasteiger partial charge >= 0.3 is 0 Å². The van der Waals surface area contributed by atoms with Gasteiger partial charge in [0.1, 0.15) is 29.1 Å². The van der Waals surface area contributed by atoms with Crippen molar-refractivity contribution in [1.82, 2.24) is 14.5 Å². The minimum Gasteiger partial charge on any atom is -0.508 e. The summed E-state index contributed by atoms with van der Waals surface area (Å²) in [6.07, 6.45) is 3.27. The number of ether oxygens (including phenoxy) is 2. The van der Waals surface area contributed by atoms with Crippen LogP contribution in [0.2, 0.25) is 0 Å². The normalized spacial score (nSPS) is 18.7. The van der Waals surface area contributed by atoms with Gasteiger partial charge in [-0.15, -0.1) is 0 Å². The van der Waals surface area contributed by atoms with Gasteiger partial charge in [-0.2, -0.15) is 0 Å². The molecule has 2 aliphatic heterocycles. The van der Waals surface area contributed by atoms with Crippen molar-refractivity contribution in [3.63, 3.8) is 0 Å². The molecular formula is C21H22N4O4. The number of fused-ring (bicyclic) bond motifs is 2. The Morgan fingerprint density at radius 3 is 2.83 bits per heavy atom. The fourth-order valence-electron chi connectivity index (χ4n) is 3.95. The maximum absolute atomic E-state index is 9.87. The number of benzene rings is 1. The van der Waals surface area contributed by atoms with Gasteiger partial charge in [-0.25, -0.2) is 4.98 Å². The molecule has 4 heterocycles. The third kappa shape index (κ3) is 3.30. The van der Waals surface area contributed by atoms with Crippen molar-refractivity contribution in [3.8, 4) is 17.4 Å². The highest BCUT2D eigenvalue weighted by atomic mass is 16.5. The van der Waals surface area contributed by atoms with Crippen LogP contribution in [0.4, 0.5) is 0 Å². The first-order valence-electron chi connectivity index (χ1n) is 9.69. The third-order valence-electron chi connectivity index (χ3n) is 5.48. The number of hydrogen-bond donors (Lipinski definition) is 2. The van der Waals surface area contributed by atoms with Crippen molar-refractivity contribution < 1.29 is 19.0 Å². The molecule has 0 aliphatic carbocycles. The summed E-state index contributed by atoms with van der Waals surface area (Å²) in [5.74, 6) is 1.41. The summed E-state index contributed by atoms with van der Waals surface area (Å²) in [6.45, 7) is 4.80. The summed E-state index contributed by atoms with van der Waals surface area (Å²) >= 11 is 0. The number of phenolic OH excluding ortho intramolecular Hbond substituents is 1. The molecule has 1 atom stereocenters. The van der Waals surface area contributed by atoms with Crippen LogP contribution in [0.25, 0.3) is 0 Å². The van der Waals surface area contributed by atoms with Gasteiger partial charge in [0.2, 0.25) is 5.88 Å². The lowest BCUT2D eigenvalue weighted by molar-refractivity contribution is 0.0362. The molecule has 0 bridgehead atoms. The monoisotopic (exact) mass is 394 g/mol. The van der Waals surface area contributed by atoms with E-state index in [1.807, 2.05) is 22.8 Å². The Kier molecular flexibility index (Phi) is 4.57. The Bertz CT molecular complexity index is 1070. The largest absolute Gasteiger partial charge is 0.508 e. The van der Waals surface area contributed by atoms with E-state index in [1.54, 1.807) is 24.7 Å². The molecule has 5 rings (SSSR count). The number of morpholine rings is 1. The Morgan fingerprint density at radius 2 is 2.03 bits per heavy atom. The predicted molar refractivity (Wildman–Crippen MR) is 103 cm³/mol. The zero-order valence-electron chi connectivity index (χ0n) is 15.9. The lowest BCUT2D eigenvalue weighted by Crippen LogP contribution is -2.40. The first-order chi connectivity index (χ1) is 14.2. The van der Waals surface area contributed by atoms with Crippen LogP contribution < -0.4 is 10.2 Å². The Labute approximate surface area is 167 Å². The molecule has 29 heavy (non-hydrogen) atoms. The Hall–Kier alpha value is -3.10. The molecule has 2 aliphatic rings. The summed E-state index contributed by atoms with van der Waals surface area (Å²) in [5, 5.41) is 18.7. The highest BCUT2D eigenvalue weighted by Gasteiger charge is 2.34. The average molecular weight is 394 g/mol. The second-order valence-corrected chi connectivity index (χ2v) is 7.23. The van der Waals surface area contributed by atoms with Crippen molar-refractivity contribution in [1.29, 1.82) is 5.41 Å². The van der Waals surface area contributed by atoms with E-state index >= 15 is 0 Å². The minimum absolute atomic E-state index is 0.119. The summed E-state index contributed by atoms with van der Waals surface area (Å²) < 4.78 is 18.9. The molecule has 1 aromatic carbocycles. The molecule has 2 aromatic heterocycles. The quantitative estimate of drug-likeness (QED) is 0.551. The van der Waals surface area contributed by atoms with E-state index in [1.165, 1.54) is 0 Å². The lowest BCUT2D eigenvalue weighted by Gasteiger charge is -2.28. The molecule has 1 unspecified atom stereocenters. The molecule has 2 N–H and O–H groups in total. The third-order valence-corrected chi connectivity index (χ3v) is 5.48. The molecule has 8 heteroatoms. The molecule has 0 radical (unpaired) electrons. The number of aromatic hydroxyl groups is 1. The maximum Gasteiger partial charge on any atom is 0.228 e. The van der Waals surface area contributed by atoms with Crippen LogP contribution in [-0.2, 0) is 11.3 Å². The van der Waals surface area contributed by atoms with Gasteiger partial charge in [0.15, 0.2) is 0 Å². The van der Waals surface area contributed by atoms with Crippen LogP contribution in [0.1, 0.15) is 22.8 Å².